The average Bonchev–Trinajstić information content (AvgIpc) is 1.48. The Hall–Kier alpha value is -11.8. The quantitative estimate of drug-likeness (QED) is 0.0734. The lowest BCUT2D eigenvalue weighted by Crippen LogP contribution is -2.28. The third kappa shape index (κ3) is 9.84. The molecule has 0 fully saturated rings. The fourth-order valence-electron chi connectivity index (χ4n) is 15.3. The third-order valence-corrected chi connectivity index (χ3v) is 27.5. The summed E-state index contributed by atoms with van der Waals surface area (Å²) in [5.41, 5.74) is 13.5. The van der Waals surface area contributed by atoms with Crippen molar-refractivity contribution in [2.45, 2.75) is 52.4 Å². The van der Waals surface area contributed by atoms with Crippen LogP contribution in [0.1, 0.15) is 133 Å². The predicted molar refractivity (Wildman–Crippen MR) is 414 cm³/mol. The van der Waals surface area contributed by atoms with Crippen LogP contribution in [0.15, 0.2) is 168 Å². The first-order valence-electron chi connectivity index (χ1n) is 33.1. The van der Waals surface area contributed by atoms with Gasteiger partial charge in [-0.3, -0.25) is 9.59 Å². The lowest BCUT2D eigenvalue weighted by Gasteiger charge is -2.34. The molecule has 0 atom stereocenters. The summed E-state index contributed by atoms with van der Waals surface area (Å²) in [5.74, 6) is 0.849. The van der Waals surface area contributed by atoms with E-state index in [2.05, 4.69) is 149 Å². The van der Waals surface area contributed by atoms with Gasteiger partial charge in [0.2, 0.25) is 0 Å². The zero-order valence-electron chi connectivity index (χ0n) is 57.0. The van der Waals surface area contributed by atoms with Gasteiger partial charge in [0.1, 0.15) is 70.6 Å². The SMILES string of the molecule is CCOc1cc2c(cc1C#N)C(=C(C#N)C#N)/C(=C/c1cc(OC)c(-c3cc4c(s3)-c3sc5c6c(sc5c3C4(c3ccc(C)cc3)c3ccc(C)cc3)-c3sc(-c4sc(/C=C5\C(=O)c7cc(C#N)c(OCC)cc7C5=C(C#N)C#N)cc4OC)cc3C6(c3ccc(C)cc3)c3ccc(C)cc3)s1)C2=O. The Labute approximate surface area is 623 Å². The number of hydrogen-bond acceptors (Lipinski definition) is 18. The maximum Gasteiger partial charge on any atom is 0.194 e. The third-order valence-electron chi connectivity index (χ3n) is 19.9. The molecule has 0 spiro atoms. The number of methoxy groups -OCH3 is 2. The summed E-state index contributed by atoms with van der Waals surface area (Å²) in [6, 6.07) is 62.8. The first kappa shape index (κ1) is 66.8. The van der Waals surface area contributed by atoms with E-state index in [4.69, 9.17) is 18.9 Å². The highest BCUT2D eigenvalue weighted by atomic mass is 32.1. The molecular weight excluding hydrogens is 1410 g/mol. The number of hydrogen-bond donors (Lipinski definition) is 0. The van der Waals surface area contributed by atoms with Crippen LogP contribution in [0, 0.1) is 95.7 Å². The van der Waals surface area contributed by atoms with Gasteiger partial charge in [-0.1, -0.05) is 119 Å². The fourth-order valence-corrected chi connectivity index (χ4v) is 23.5. The number of ether oxygens (including phenoxy) is 4. The minimum atomic E-state index is -0.862. The molecule has 0 bridgehead atoms. The van der Waals surface area contributed by atoms with E-state index in [0.717, 1.165) is 94.7 Å². The van der Waals surface area contributed by atoms with Gasteiger partial charge in [-0.05, 0) is 147 Å². The Bertz CT molecular complexity index is 5830. The second-order valence-corrected chi connectivity index (χ2v) is 31.9. The van der Waals surface area contributed by atoms with Crippen molar-refractivity contribution in [3.8, 4) is 98.4 Å². The van der Waals surface area contributed by atoms with Gasteiger partial charge in [-0.15, -0.1) is 68.0 Å². The lowest BCUT2D eigenvalue weighted by molar-refractivity contribution is 0.103. The number of aryl methyl sites for hydroxylation is 4. The van der Waals surface area contributed by atoms with Crippen LogP contribution in [0.2, 0.25) is 0 Å². The Morgan fingerprint density at radius 2 is 0.740 bits per heavy atom. The van der Waals surface area contributed by atoms with Crippen LogP contribution in [0.4, 0.5) is 0 Å². The van der Waals surface area contributed by atoms with Crippen LogP contribution in [-0.2, 0) is 10.8 Å². The molecule has 6 aromatic carbocycles. The summed E-state index contributed by atoms with van der Waals surface area (Å²) >= 11 is 10.0. The van der Waals surface area contributed by atoms with Crippen molar-refractivity contribution < 1.29 is 28.5 Å². The molecule has 4 aliphatic carbocycles. The summed E-state index contributed by atoms with van der Waals surface area (Å²) in [6.45, 7) is 12.6. The molecule has 0 N–H and O–H groups in total. The molecule has 0 aliphatic heterocycles. The van der Waals surface area contributed by atoms with Crippen LogP contribution in [0.3, 0.4) is 0 Å². The maximum absolute atomic E-state index is 14.7. The second kappa shape index (κ2) is 25.6. The van der Waals surface area contributed by atoms with Crippen LogP contribution in [0.25, 0.3) is 71.7 Å². The normalized spacial score (nSPS) is 14.6. The minimum Gasteiger partial charge on any atom is -0.495 e. The van der Waals surface area contributed by atoms with E-state index in [0.29, 0.717) is 32.4 Å². The summed E-state index contributed by atoms with van der Waals surface area (Å²) < 4.78 is 26.6. The smallest absolute Gasteiger partial charge is 0.194 e. The largest absolute Gasteiger partial charge is 0.495 e. The topological polar surface area (TPSA) is 214 Å². The number of fused-ring (bicyclic) bond motifs is 11. The average molecular weight is 1460 g/mol. The van der Waals surface area contributed by atoms with Crippen molar-refractivity contribution in [2.24, 2.45) is 0 Å². The predicted octanol–water partition coefficient (Wildman–Crippen LogP) is 21.2. The van der Waals surface area contributed by atoms with Crippen LogP contribution in [-0.4, -0.2) is 39.0 Å². The number of benzene rings is 6. The molecule has 16 rings (SSSR count). The van der Waals surface area contributed by atoms with Crippen LogP contribution < -0.4 is 18.9 Å². The Kier molecular flexibility index (Phi) is 16.4. The minimum absolute atomic E-state index is 0.154. The number of nitriles is 6. The molecule has 0 unspecified atom stereocenters. The number of Topliss-reactive ketones (excluding diaryl/α,β-unsaturated/α-hetero) is 2. The van der Waals surface area contributed by atoms with E-state index >= 15 is 0 Å². The summed E-state index contributed by atoms with van der Waals surface area (Å²) in [7, 11) is 3.27. The zero-order chi connectivity index (χ0) is 72.4. The lowest BCUT2D eigenvalue weighted by atomic mass is 9.67. The van der Waals surface area contributed by atoms with Crippen molar-refractivity contribution in [3.05, 3.63) is 278 Å². The molecule has 0 saturated heterocycles. The summed E-state index contributed by atoms with van der Waals surface area (Å²) in [6.07, 6.45) is 3.44. The van der Waals surface area contributed by atoms with Gasteiger partial charge < -0.3 is 18.9 Å². The molecule has 0 saturated carbocycles. The molecule has 104 heavy (non-hydrogen) atoms. The molecule has 0 amide bonds. The van der Waals surface area contributed by atoms with Crippen LogP contribution >= 0.6 is 68.0 Å². The van der Waals surface area contributed by atoms with E-state index in [9.17, 15) is 41.2 Å². The molecule has 6 heterocycles. The second-order valence-electron chi connectivity index (χ2n) is 25.6. The van der Waals surface area contributed by atoms with Crippen molar-refractivity contribution in [1.82, 2.24) is 0 Å². The van der Waals surface area contributed by atoms with Crippen molar-refractivity contribution in [1.29, 1.82) is 31.6 Å². The summed E-state index contributed by atoms with van der Waals surface area (Å²) in [5, 5.41) is 61.8. The first-order valence-corrected chi connectivity index (χ1v) is 38.0. The van der Waals surface area contributed by atoms with Gasteiger partial charge >= 0.3 is 0 Å². The number of carbonyl (C=O) groups is 2. The van der Waals surface area contributed by atoms with Crippen molar-refractivity contribution >= 4 is 112 Å². The van der Waals surface area contributed by atoms with Crippen molar-refractivity contribution in [2.75, 3.05) is 27.4 Å². The van der Waals surface area contributed by atoms with Crippen molar-refractivity contribution in [3.63, 3.8) is 0 Å². The first-order chi connectivity index (χ1) is 50.5. The van der Waals surface area contributed by atoms with Gasteiger partial charge in [-0.25, -0.2) is 0 Å². The van der Waals surface area contributed by atoms with Gasteiger partial charge in [-0.2, -0.15) is 31.6 Å². The highest BCUT2D eigenvalue weighted by molar-refractivity contribution is 7.35. The van der Waals surface area contributed by atoms with E-state index in [-0.39, 0.29) is 80.4 Å². The Morgan fingerprint density at radius 3 is 1.08 bits per heavy atom. The zero-order valence-corrected chi connectivity index (χ0v) is 61.9. The summed E-state index contributed by atoms with van der Waals surface area (Å²) in [4.78, 5) is 38.8. The van der Waals surface area contributed by atoms with E-state index in [1.165, 1.54) is 61.4 Å². The molecule has 6 aromatic heterocycles. The van der Waals surface area contributed by atoms with Gasteiger partial charge in [0.05, 0.1) is 88.1 Å². The van der Waals surface area contributed by atoms with Gasteiger partial charge in [0.25, 0.3) is 0 Å². The van der Waals surface area contributed by atoms with Gasteiger partial charge in [0.15, 0.2) is 11.6 Å². The molecule has 12 aromatic rings. The van der Waals surface area contributed by atoms with Gasteiger partial charge in [0, 0.05) is 64.1 Å². The molecule has 500 valence electrons. The number of ketones is 2. The molecule has 12 nitrogen and oxygen atoms in total. The highest BCUT2D eigenvalue weighted by Crippen LogP contribution is 2.71. The number of carbonyl (C=O) groups excluding carboxylic acids is 2. The number of allylic oxidation sites excluding steroid dienone is 6. The van der Waals surface area contributed by atoms with E-state index in [1.54, 1.807) is 69.0 Å². The molecule has 0 radical (unpaired) electrons. The maximum atomic E-state index is 14.7. The van der Waals surface area contributed by atoms with E-state index in [1.807, 2.05) is 59.1 Å². The standard InChI is InChI=1S/C86H54N6O6S6/c1-9-97-65-33-58-59(28-48(65)38-88)75(93)62(72(58)50(41-91)42-92)30-56-32-68(96-8)80(100-56)70-36-64-78(102-70)82-74(86(64,53-23-15-45(5)16-24-53)54-25-17-46(6)18-26-54)84-83(104-82)73-81(103-84)77-63(85(73,51-19-11-43(3)12-20-51)52-21-13-44(4)14-22-52)35-69(101-77)79-67(95-7)31-55(99-79)29-61-71(49(39-89)40-90)57-27-47(37-87)66(98-10-2)34-60(57)76(61)94/h11-36H,9-10H2,1-8H3/b61-29-,62-30-. The van der Waals surface area contributed by atoms with Crippen LogP contribution in [0.5, 0.6) is 23.0 Å². The fraction of sp³-hybridized carbons (Fsp3) is 0.140. The number of rotatable bonds is 14. The number of thiophene rings is 6. The van der Waals surface area contributed by atoms with E-state index < -0.39 is 22.4 Å². The number of nitrogens with zero attached hydrogens (tertiary/aromatic N) is 6. The molecule has 18 heteroatoms. The Balaban J connectivity index is 0.915. The Morgan fingerprint density at radius 1 is 0.404 bits per heavy atom. The highest BCUT2D eigenvalue weighted by Gasteiger charge is 2.55. The monoisotopic (exact) mass is 1460 g/mol. The molecular formula is C86H54N6O6S6. The molecule has 4 aliphatic rings.